The van der Waals surface area contributed by atoms with Gasteiger partial charge in [0.2, 0.25) is 0 Å². The number of rotatable bonds is 1. The first kappa shape index (κ1) is 15.9. The summed E-state index contributed by atoms with van der Waals surface area (Å²) in [6.45, 7) is 0. The third kappa shape index (κ3) is 3.06. The Morgan fingerprint density at radius 3 is 2.13 bits per heavy atom. The Hall–Kier alpha value is -2.01. The van der Waals surface area contributed by atoms with E-state index in [1.54, 1.807) is 17.4 Å². The molecule has 0 radical (unpaired) electrons. The summed E-state index contributed by atoms with van der Waals surface area (Å²) in [5.41, 5.74) is 1.99. The van der Waals surface area contributed by atoms with Crippen LogP contribution in [-0.2, 0) is 25.7 Å². The molecule has 3 nitrogen and oxygen atoms in total. The zero-order chi connectivity index (χ0) is 16.2. The number of thiophene rings is 1. The van der Waals surface area contributed by atoms with Crippen molar-refractivity contribution < 1.29 is 30.8 Å². The normalized spacial score (nSPS) is 10.1. The molecule has 0 atom stereocenters. The minimum absolute atomic E-state index is 0.329. The van der Waals surface area contributed by atoms with Gasteiger partial charge in [-0.2, -0.15) is 0 Å². The standard InChI is InChI=1S/C18H12OS.2O.Ti/c19-15-9-3-1-6-12(15)13-8-5-11-17-18(13)14-7-2-4-10-16(14)20-17;;;/h1-11,19H;;;. The van der Waals surface area contributed by atoms with Crippen LogP contribution in [0.25, 0.3) is 31.3 Å². The van der Waals surface area contributed by atoms with Crippen molar-refractivity contribution in [1.82, 2.24) is 0 Å². The summed E-state index contributed by atoms with van der Waals surface area (Å²) in [6.07, 6.45) is 0. The molecule has 0 saturated carbocycles. The van der Waals surface area contributed by atoms with Gasteiger partial charge in [-0.05, 0) is 23.8 Å². The van der Waals surface area contributed by atoms with E-state index in [-0.39, 0.29) is 0 Å². The van der Waals surface area contributed by atoms with Gasteiger partial charge in [-0.25, -0.2) is 0 Å². The first-order valence-electron chi connectivity index (χ1n) is 6.94. The number of phenols is 1. The van der Waals surface area contributed by atoms with E-state index >= 15 is 0 Å². The van der Waals surface area contributed by atoms with Crippen molar-refractivity contribution in [3.63, 3.8) is 0 Å². The molecular formula is C18H12O3STi. The fraction of sp³-hybridized carbons (Fsp3) is 0. The topological polar surface area (TPSA) is 54.4 Å². The summed E-state index contributed by atoms with van der Waals surface area (Å²) in [4.78, 5) is 0. The van der Waals surface area contributed by atoms with E-state index in [0.29, 0.717) is 5.75 Å². The molecule has 1 aromatic heterocycles. The van der Waals surface area contributed by atoms with Crippen molar-refractivity contribution in [1.29, 1.82) is 0 Å². The molecule has 0 aliphatic carbocycles. The Morgan fingerprint density at radius 2 is 1.35 bits per heavy atom. The summed E-state index contributed by atoms with van der Waals surface area (Å²) in [5, 5.41) is 12.6. The van der Waals surface area contributed by atoms with Crippen molar-refractivity contribution in [2.75, 3.05) is 0 Å². The van der Waals surface area contributed by atoms with Crippen LogP contribution in [-0.4, -0.2) is 5.11 Å². The van der Waals surface area contributed by atoms with Crippen LogP contribution in [0.1, 0.15) is 0 Å². The Bertz CT molecular complexity index is 1020. The second-order valence-corrected chi connectivity index (χ2v) is 6.22. The van der Waals surface area contributed by atoms with Crippen LogP contribution in [0.4, 0.5) is 0 Å². The Kier molecular flexibility index (Phi) is 4.86. The minimum atomic E-state index is -2.00. The molecule has 0 spiro atoms. The van der Waals surface area contributed by atoms with Gasteiger partial charge in [0, 0.05) is 25.7 Å². The second kappa shape index (κ2) is 7.05. The number of benzene rings is 3. The average molecular weight is 356 g/mol. The SMILES string of the molecule is Oc1ccccc1-c1cccc2sc3ccccc3c12.[O]=[Ti]=[O]. The van der Waals surface area contributed by atoms with Gasteiger partial charge in [0.05, 0.1) is 0 Å². The van der Waals surface area contributed by atoms with Gasteiger partial charge >= 0.3 is 25.7 Å². The molecule has 23 heavy (non-hydrogen) atoms. The maximum absolute atomic E-state index is 10.1. The molecule has 0 amide bonds. The van der Waals surface area contributed by atoms with Crippen LogP contribution in [0.2, 0.25) is 0 Å². The molecule has 1 heterocycles. The summed E-state index contributed by atoms with van der Waals surface area (Å²) >= 11 is -0.205. The molecule has 4 rings (SSSR count). The number of phenolic OH excluding ortho intramolecular Hbond substituents is 1. The Morgan fingerprint density at radius 1 is 0.739 bits per heavy atom. The third-order valence-electron chi connectivity index (χ3n) is 3.60. The zero-order valence-electron chi connectivity index (χ0n) is 12.0. The fourth-order valence-corrected chi connectivity index (χ4v) is 3.83. The van der Waals surface area contributed by atoms with Gasteiger partial charge in [0.1, 0.15) is 5.75 Å². The molecule has 3 aromatic carbocycles. The quantitative estimate of drug-likeness (QED) is 0.478. The molecule has 0 fully saturated rings. The van der Waals surface area contributed by atoms with E-state index < -0.39 is 19.1 Å². The van der Waals surface area contributed by atoms with Crippen molar-refractivity contribution in [3.8, 4) is 16.9 Å². The van der Waals surface area contributed by atoms with Crippen molar-refractivity contribution in [2.24, 2.45) is 0 Å². The summed E-state index contributed by atoms with van der Waals surface area (Å²) in [6, 6.07) is 22.2. The number of hydrogen-bond donors (Lipinski definition) is 1. The number of para-hydroxylation sites is 1. The molecule has 4 aromatic rings. The number of hydrogen-bond acceptors (Lipinski definition) is 4. The molecule has 0 bridgehead atoms. The maximum atomic E-state index is 10.1. The van der Waals surface area contributed by atoms with Crippen LogP contribution < -0.4 is 0 Å². The number of aromatic hydroxyl groups is 1. The van der Waals surface area contributed by atoms with E-state index in [1.807, 2.05) is 18.2 Å². The molecule has 0 aliphatic heterocycles. The van der Waals surface area contributed by atoms with Crippen LogP contribution in [0.15, 0.2) is 66.7 Å². The first-order valence-corrected chi connectivity index (χ1v) is 9.03. The molecule has 0 aliphatic rings. The molecule has 0 saturated heterocycles. The molecule has 112 valence electrons. The number of fused-ring (bicyclic) bond motifs is 3. The van der Waals surface area contributed by atoms with Crippen molar-refractivity contribution in [3.05, 3.63) is 66.7 Å². The zero-order valence-corrected chi connectivity index (χ0v) is 14.4. The van der Waals surface area contributed by atoms with Gasteiger partial charge in [-0.15, -0.1) is 11.3 Å². The van der Waals surface area contributed by atoms with E-state index in [0.717, 1.165) is 11.1 Å². The first-order chi connectivity index (χ1) is 11.3. The second-order valence-electron chi connectivity index (χ2n) is 4.88. The molecule has 5 heteroatoms. The summed E-state index contributed by atoms with van der Waals surface area (Å²) in [5.74, 6) is 0.329. The predicted molar refractivity (Wildman–Crippen MR) is 87.8 cm³/mol. The summed E-state index contributed by atoms with van der Waals surface area (Å²) < 4.78 is 19.5. The molecule has 0 unspecified atom stereocenters. The van der Waals surface area contributed by atoms with Crippen molar-refractivity contribution >= 4 is 31.5 Å². The predicted octanol–water partition coefficient (Wildman–Crippen LogP) is 5.19. The van der Waals surface area contributed by atoms with Crippen LogP contribution in [0.5, 0.6) is 5.75 Å². The van der Waals surface area contributed by atoms with Crippen LogP contribution in [0.3, 0.4) is 0 Å². The van der Waals surface area contributed by atoms with Gasteiger partial charge < -0.3 is 5.11 Å². The Balaban J connectivity index is 0.000000485. The molecular weight excluding hydrogens is 344 g/mol. The fourth-order valence-electron chi connectivity index (χ4n) is 2.70. The average Bonchev–Trinajstić information content (AvgIpc) is 2.95. The Labute approximate surface area is 145 Å². The summed E-state index contributed by atoms with van der Waals surface area (Å²) in [7, 11) is 0. The van der Waals surface area contributed by atoms with Crippen LogP contribution >= 0.6 is 11.3 Å². The van der Waals surface area contributed by atoms with E-state index in [2.05, 4.69) is 42.5 Å². The van der Waals surface area contributed by atoms with Crippen LogP contribution in [0, 0.1) is 0 Å². The van der Waals surface area contributed by atoms with Crippen molar-refractivity contribution in [2.45, 2.75) is 0 Å². The van der Waals surface area contributed by atoms with E-state index in [4.69, 9.17) is 6.65 Å². The van der Waals surface area contributed by atoms with Gasteiger partial charge in [-0.3, -0.25) is 0 Å². The monoisotopic (exact) mass is 356 g/mol. The molecule has 1 N–H and O–H groups in total. The van der Waals surface area contributed by atoms with E-state index in [1.165, 1.54) is 20.2 Å². The van der Waals surface area contributed by atoms with Gasteiger partial charge in [0.25, 0.3) is 0 Å². The van der Waals surface area contributed by atoms with Gasteiger partial charge in [0.15, 0.2) is 0 Å². The third-order valence-corrected chi connectivity index (χ3v) is 4.73. The van der Waals surface area contributed by atoms with Gasteiger partial charge in [-0.1, -0.05) is 48.5 Å². The van der Waals surface area contributed by atoms with E-state index in [9.17, 15) is 5.11 Å².